The van der Waals surface area contributed by atoms with Crippen LogP contribution in [0.25, 0.3) is 0 Å². The molecule has 1 amide bonds. The van der Waals surface area contributed by atoms with E-state index in [1.807, 2.05) is 0 Å². The SMILES string of the molecule is C=CCCC(C)(C(=O)O)N(CC)C(C)=O. The van der Waals surface area contributed by atoms with E-state index in [2.05, 4.69) is 6.58 Å². The average molecular weight is 213 g/mol. The number of nitrogens with zero attached hydrogens (tertiary/aromatic N) is 1. The van der Waals surface area contributed by atoms with Crippen LogP contribution in [0.2, 0.25) is 0 Å². The van der Waals surface area contributed by atoms with Crippen LogP contribution in [0.1, 0.15) is 33.6 Å². The van der Waals surface area contributed by atoms with Crippen LogP contribution in [-0.4, -0.2) is 34.0 Å². The van der Waals surface area contributed by atoms with Crippen molar-refractivity contribution in [2.45, 2.75) is 39.2 Å². The lowest BCUT2D eigenvalue weighted by Gasteiger charge is -2.36. The molecular weight excluding hydrogens is 194 g/mol. The molecule has 0 saturated carbocycles. The third-order valence-electron chi connectivity index (χ3n) is 2.59. The maximum absolute atomic E-state index is 11.3. The zero-order valence-corrected chi connectivity index (χ0v) is 9.62. The van der Waals surface area contributed by atoms with Crippen LogP contribution in [0.4, 0.5) is 0 Å². The summed E-state index contributed by atoms with van der Waals surface area (Å²) in [6.45, 7) is 8.69. The fraction of sp³-hybridized carbons (Fsp3) is 0.636. The second-order valence-corrected chi connectivity index (χ2v) is 3.67. The lowest BCUT2D eigenvalue weighted by Crippen LogP contribution is -2.54. The lowest BCUT2D eigenvalue weighted by molar-refractivity contribution is -0.157. The number of amides is 1. The van der Waals surface area contributed by atoms with E-state index in [-0.39, 0.29) is 5.91 Å². The van der Waals surface area contributed by atoms with Gasteiger partial charge >= 0.3 is 5.97 Å². The first-order valence-corrected chi connectivity index (χ1v) is 5.02. The number of carboxylic acids is 1. The summed E-state index contributed by atoms with van der Waals surface area (Å²) in [6, 6.07) is 0. The molecule has 0 bridgehead atoms. The molecule has 0 radical (unpaired) electrons. The van der Waals surface area contributed by atoms with Crippen LogP contribution in [0.15, 0.2) is 12.7 Å². The molecule has 4 heteroatoms. The molecule has 0 aliphatic rings. The summed E-state index contributed by atoms with van der Waals surface area (Å²) in [4.78, 5) is 23.9. The molecule has 4 nitrogen and oxygen atoms in total. The number of allylic oxidation sites excluding steroid dienone is 1. The van der Waals surface area contributed by atoms with Gasteiger partial charge in [-0.05, 0) is 26.7 Å². The predicted molar refractivity (Wildman–Crippen MR) is 58.5 cm³/mol. The van der Waals surface area contributed by atoms with Crippen molar-refractivity contribution < 1.29 is 14.7 Å². The van der Waals surface area contributed by atoms with Gasteiger partial charge in [0, 0.05) is 13.5 Å². The fourth-order valence-corrected chi connectivity index (χ4v) is 1.66. The molecule has 0 aromatic carbocycles. The van der Waals surface area contributed by atoms with Crippen molar-refractivity contribution in [3.05, 3.63) is 12.7 Å². The third-order valence-corrected chi connectivity index (χ3v) is 2.59. The second kappa shape index (κ2) is 5.53. The van der Waals surface area contributed by atoms with Crippen LogP contribution < -0.4 is 0 Å². The minimum absolute atomic E-state index is 0.216. The molecule has 0 heterocycles. The van der Waals surface area contributed by atoms with Gasteiger partial charge in [0.2, 0.25) is 5.91 Å². The molecular formula is C11H19NO3. The van der Waals surface area contributed by atoms with Gasteiger partial charge in [0.05, 0.1) is 0 Å². The van der Waals surface area contributed by atoms with E-state index in [9.17, 15) is 14.7 Å². The Hall–Kier alpha value is -1.32. The second-order valence-electron chi connectivity index (χ2n) is 3.67. The summed E-state index contributed by atoms with van der Waals surface area (Å²) in [5.41, 5.74) is -1.13. The van der Waals surface area contributed by atoms with Gasteiger partial charge in [-0.25, -0.2) is 4.79 Å². The predicted octanol–water partition coefficient (Wildman–Crippen LogP) is 1.66. The molecule has 0 rings (SSSR count). The highest BCUT2D eigenvalue weighted by Gasteiger charge is 2.39. The van der Waals surface area contributed by atoms with Gasteiger partial charge in [0.25, 0.3) is 0 Å². The van der Waals surface area contributed by atoms with Crippen molar-refractivity contribution in [2.24, 2.45) is 0 Å². The Kier molecular flexibility index (Phi) is 5.05. The number of hydrogen-bond donors (Lipinski definition) is 1. The number of hydrogen-bond acceptors (Lipinski definition) is 2. The quantitative estimate of drug-likeness (QED) is 0.683. The first-order chi connectivity index (χ1) is 6.90. The first kappa shape index (κ1) is 13.7. The van der Waals surface area contributed by atoms with Crippen molar-refractivity contribution >= 4 is 11.9 Å². The van der Waals surface area contributed by atoms with E-state index in [4.69, 9.17) is 0 Å². The van der Waals surface area contributed by atoms with Crippen LogP contribution in [0.3, 0.4) is 0 Å². The molecule has 0 spiro atoms. The lowest BCUT2D eigenvalue weighted by atomic mass is 9.93. The zero-order valence-electron chi connectivity index (χ0n) is 9.62. The number of carboxylic acid groups (broad SMARTS) is 1. The van der Waals surface area contributed by atoms with E-state index in [0.717, 1.165) is 0 Å². The van der Waals surface area contributed by atoms with Crippen LogP contribution >= 0.6 is 0 Å². The highest BCUT2D eigenvalue weighted by Crippen LogP contribution is 2.22. The summed E-state index contributed by atoms with van der Waals surface area (Å²) in [5.74, 6) is -1.19. The summed E-state index contributed by atoms with van der Waals surface area (Å²) in [6.07, 6.45) is 2.63. The van der Waals surface area contributed by atoms with Crippen molar-refractivity contribution in [1.29, 1.82) is 0 Å². The maximum atomic E-state index is 11.3. The summed E-state index contributed by atoms with van der Waals surface area (Å²) >= 11 is 0. The minimum atomic E-state index is -1.13. The normalized spacial score (nSPS) is 14.1. The average Bonchev–Trinajstić information content (AvgIpc) is 2.14. The van der Waals surface area contributed by atoms with Crippen LogP contribution in [0.5, 0.6) is 0 Å². The number of carbonyl (C=O) groups is 2. The Morgan fingerprint density at radius 1 is 1.53 bits per heavy atom. The van der Waals surface area contributed by atoms with Gasteiger partial charge in [0.1, 0.15) is 5.54 Å². The summed E-state index contributed by atoms with van der Waals surface area (Å²) in [7, 11) is 0. The van der Waals surface area contributed by atoms with E-state index in [0.29, 0.717) is 19.4 Å². The number of aliphatic carboxylic acids is 1. The number of rotatable bonds is 6. The smallest absolute Gasteiger partial charge is 0.329 e. The van der Waals surface area contributed by atoms with Crippen molar-refractivity contribution in [1.82, 2.24) is 4.90 Å². The number of carbonyl (C=O) groups excluding carboxylic acids is 1. The van der Waals surface area contributed by atoms with Gasteiger partial charge < -0.3 is 10.0 Å². The maximum Gasteiger partial charge on any atom is 0.329 e. The van der Waals surface area contributed by atoms with Crippen molar-refractivity contribution in [2.75, 3.05) is 6.54 Å². The molecule has 0 aliphatic carbocycles. The monoisotopic (exact) mass is 213 g/mol. The zero-order chi connectivity index (χ0) is 12.1. The Bertz CT molecular complexity index is 263. The largest absolute Gasteiger partial charge is 0.480 e. The van der Waals surface area contributed by atoms with Crippen LogP contribution in [0, 0.1) is 0 Å². The molecule has 1 unspecified atom stereocenters. The van der Waals surface area contributed by atoms with Gasteiger partial charge in [-0.2, -0.15) is 0 Å². The molecule has 0 aromatic heterocycles. The van der Waals surface area contributed by atoms with E-state index >= 15 is 0 Å². The van der Waals surface area contributed by atoms with E-state index < -0.39 is 11.5 Å². The molecule has 0 saturated heterocycles. The molecule has 0 aromatic rings. The number of likely N-dealkylation sites (N-methyl/N-ethyl adjacent to an activating group) is 1. The Morgan fingerprint density at radius 3 is 2.33 bits per heavy atom. The minimum Gasteiger partial charge on any atom is -0.480 e. The first-order valence-electron chi connectivity index (χ1n) is 5.02. The standard InChI is InChI=1S/C11H19NO3/c1-5-7-8-11(4,10(14)15)12(6-2)9(3)13/h5H,1,6-8H2,2-4H3,(H,14,15). The van der Waals surface area contributed by atoms with E-state index in [1.165, 1.54) is 11.8 Å². The molecule has 0 aliphatic heterocycles. The van der Waals surface area contributed by atoms with Gasteiger partial charge in [-0.15, -0.1) is 6.58 Å². The Balaban J connectivity index is 4.97. The topological polar surface area (TPSA) is 57.6 Å². The highest BCUT2D eigenvalue weighted by molar-refractivity contribution is 5.85. The molecule has 1 atom stereocenters. The third kappa shape index (κ3) is 3.08. The molecule has 1 N–H and O–H groups in total. The molecule has 15 heavy (non-hydrogen) atoms. The van der Waals surface area contributed by atoms with Crippen LogP contribution in [-0.2, 0) is 9.59 Å². The van der Waals surface area contributed by atoms with Gasteiger partial charge in [-0.1, -0.05) is 6.08 Å². The summed E-state index contributed by atoms with van der Waals surface area (Å²) in [5, 5.41) is 9.18. The van der Waals surface area contributed by atoms with Crippen molar-refractivity contribution in [3.63, 3.8) is 0 Å². The molecule has 86 valence electrons. The highest BCUT2D eigenvalue weighted by atomic mass is 16.4. The Labute approximate surface area is 90.6 Å². The van der Waals surface area contributed by atoms with Crippen molar-refractivity contribution in [3.8, 4) is 0 Å². The Morgan fingerprint density at radius 2 is 2.07 bits per heavy atom. The van der Waals surface area contributed by atoms with Gasteiger partial charge in [-0.3, -0.25) is 4.79 Å². The molecule has 0 fully saturated rings. The fourth-order valence-electron chi connectivity index (χ4n) is 1.66. The van der Waals surface area contributed by atoms with E-state index in [1.54, 1.807) is 19.9 Å². The summed E-state index contributed by atoms with van der Waals surface area (Å²) < 4.78 is 0. The van der Waals surface area contributed by atoms with Gasteiger partial charge in [0.15, 0.2) is 0 Å².